The SMILES string of the molecule is CCCCCOCC(C)(C#N)NCC. The molecule has 0 heterocycles. The van der Waals surface area contributed by atoms with Gasteiger partial charge in [0.25, 0.3) is 0 Å². The summed E-state index contributed by atoms with van der Waals surface area (Å²) in [5.41, 5.74) is -0.527. The molecule has 82 valence electrons. The van der Waals surface area contributed by atoms with Crippen molar-refractivity contribution in [3.8, 4) is 6.07 Å². The summed E-state index contributed by atoms with van der Waals surface area (Å²) in [7, 11) is 0. The van der Waals surface area contributed by atoms with Gasteiger partial charge in [-0.15, -0.1) is 0 Å². The largest absolute Gasteiger partial charge is 0.378 e. The fourth-order valence-corrected chi connectivity index (χ4v) is 1.24. The number of hydrogen-bond acceptors (Lipinski definition) is 3. The molecule has 0 fully saturated rings. The summed E-state index contributed by atoms with van der Waals surface area (Å²) >= 11 is 0. The summed E-state index contributed by atoms with van der Waals surface area (Å²) in [6, 6.07) is 2.23. The minimum Gasteiger partial charge on any atom is -0.378 e. The molecule has 0 radical (unpaired) electrons. The number of nitrogens with one attached hydrogen (secondary N) is 1. The number of rotatable bonds is 8. The standard InChI is InChI=1S/C11H22N2O/c1-4-6-7-8-14-10-11(3,9-12)13-5-2/h13H,4-8,10H2,1-3H3. The fourth-order valence-electron chi connectivity index (χ4n) is 1.24. The lowest BCUT2D eigenvalue weighted by Gasteiger charge is -2.22. The van der Waals surface area contributed by atoms with E-state index in [0.717, 1.165) is 19.6 Å². The Morgan fingerprint density at radius 1 is 1.36 bits per heavy atom. The first-order valence-electron chi connectivity index (χ1n) is 5.42. The van der Waals surface area contributed by atoms with E-state index in [0.29, 0.717) is 6.61 Å². The Labute approximate surface area is 87.4 Å². The van der Waals surface area contributed by atoms with Crippen molar-refractivity contribution in [1.29, 1.82) is 5.26 Å². The Hall–Kier alpha value is -0.590. The van der Waals surface area contributed by atoms with Gasteiger partial charge in [-0.05, 0) is 19.9 Å². The van der Waals surface area contributed by atoms with Gasteiger partial charge in [0.1, 0.15) is 5.54 Å². The van der Waals surface area contributed by atoms with Crippen LogP contribution in [0.3, 0.4) is 0 Å². The zero-order valence-electron chi connectivity index (χ0n) is 9.60. The van der Waals surface area contributed by atoms with E-state index < -0.39 is 5.54 Å². The molecule has 1 unspecified atom stereocenters. The third kappa shape index (κ3) is 5.95. The molecule has 0 saturated carbocycles. The number of likely N-dealkylation sites (N-methyl/N-ethyl adjacent to an activating group) is 1. The Kier molecular flexibility index (Phi) is 7.45. The lowest BCUT2D eigenvalue weighted by atomic mass is 10.1. The Morgan fingerprint density at radius 3 is 2.57 bits per heavy atom. The second-order valence-corrected chi connectivity index (χ2v) is 3.73. The molecule has 0 bridgehead atoms. The second-order valence-electron chi connectivity index (χ2n) is 3.73. The van der Waals surface area contributed by atoms with E-state index in [-0.39, 0.29) is 0 Å². The van der Waals surface area contributed by atoms with Gasteiger partial charge in [-0.2, -0.15) is 5.26 Å². The highest BCUT2D eigenvalue weighted by molar-refractivity contribution is 5.03. The van der Waals surface area contributed by atoms with Gasteiger partial charge in [0.15, 0.2) is 0 Å². The lowest BCUT2D eigenvalue weighted by Crippen LogP contribution is -2.45. The van der Waals surface area contributed by atoms with Gasteiger partial charge in [-0.25, -0.2) is 0 Å². The highest BCUT2D eigenvalue weighted by Gasteiger charge is 2.21. The smallest absolute Gasteiger partial charge is 0.127 e. The zero-order chi connectivity index (χ0) is 10.9. The summed E-state index contributed by atoms with van der Waals surface area (Å²) in [6.45, 7) is 8.06. The third-order valence-corrected chi connectivity index (χ3v) is 2.10. The molecule has 0 aliphatic heterocycles. The molecule has 14 heavy (non-hydrogen) atoms. The Morgan fingerprint density at radius 2 is 2.07 bits per heavy atom. The van der Waals surface area contributed by atoms with Crippen LogP contribution in [0.2, 0.25) is 0 Å². The maximum atomic E-state index is 8.93. The van der Waals surface area contributed by atoms with Crippen molar-refractivity contribution in [1.82, 2.24) is 5.32 Å². The van der Waals surface area contributed by atoms with Crippen LogP contribution < -0.4 is 5.32 Å². The monoisotopic (exact) mass is 198 g/mol. The highest BCUT2D eigenvalue weighted by Crippen LogP contribution is 2.03. The molecule has 3 nitrogen and oxygen atoms in total. The van der Waals surface area contributed by atoms with E-state index in [1.165, 1.54) is 12.8 Å². The normalized spacial score (nSPS) is 14.7. The van der Waals surface area contributed by atoms with Gasteiger partial charge in [0, 0.05) is 6.61 Å². The molecule has 0 aromatic rings. The minimum atomic E-state index is -0.527. The predicted molar refractivity (Wildman–Crippen MR) is 58.0 cm³/mol. The van der Waals surface area contributed by atoms with Crippen molar-refractivity contribution >= 4 is 0 Å². The molecule has 1 atom stereocenters. The van der Waals surface area contributed by atoms with Crippen molar-refractivity contribution in [2.24, 2.45) is 0 Å². The Balaban J connectivity index is 3.58. The van der Waals surface area contributed by atoms with Gasteiger partial charge in [0.05, 0.1) is 12.7 Å². The minimum absolute atomic E-state index is 0.473. The number of ether oxygens (including phenoxy) is 1. The summed E-state index contributed by atoms with van der Waals surface area (Å²) in [5.74, 6) is 0. The molecule has 0 saturated heterocycles. The van der Waals surface area contributed by atoms with Crippen LogP contribution in [0.4, 0.5) is 0 Å². The molecule has 0 aliphatic rings. The number of unbranched alkanes of at least 4 members (excludes halogenated alkanes) is 2. The van der Waals surface area contributed by atoms with Gasteiger partial charge < -0.3 is 4.74 Å². The number of hydrogen-bond donors (Lipinski definition) is 1. The molecule has 0 rings (SSSR count). The molecule has 0 spiro atoms. The maximum Gasteiger partial charge on any atom is 0.127 e. The van der Waals surface area contributed by atoms with Gasteiger partial charge in [0.2, 0.25) is 0 Å². The first-order chi connectivity index (χ1) is 6.68. The van der Waals surface area contributed by atoms with Crippen LogP contribution in [0.25, 0.3) is 0 Å². The third-order valence-electron chi connectivity index (χ3n) is 2.10. The average Bonchev–Trinajstić information content (AvgIpc) is 2.18. The van der Waals surface area contributed by atoms with Crippen LogP contribution in [-0.4, -0.2) is 25.3 Å². The molecule has 1 N–H and O–H groups in total. The second kappa shape index (κ2) is 7.78. The molecule has 0 aliphatic carbocycles. The molecule has 3 heteroatoms. The van der Waals surface area contributed by atoms with E-state index in [4.69, 9.17) is 10.00 Å². The zero-order valence-corrected chi connectivity index (χ0v) is 9.60. The van der Waals surface area contributed by atoms with E-state index in [1.807, 2.05) is 13.8 Å². The maximum absolute atomic E-state index is 8.93. The predicted octanol–water partition coefficient (Wildman–Crippen LogP) is 2.08. The highest BCUT2D eigenvalue weighted by atomic mass is 16.5. The van der Waals surface area contributed by atoms with E-state index >= 15 is 0 Å². The van der Waals surface area contributed by atoms with E-state index in [2.05, 4.69) is 18.3 Å². The van der Waals surface area contributed by atoms with Gasteiger partial charge in [-0.1, -0.05) is 26.7 Å². The lowest BCUT2D eigenvalue weighted by molar-refractivity contribution is 0.0931. The summed E-state index contributed by atoms with van der Waals surface area (Å²) < 4.78 is 5.46. The van der Waals surface area contributed by atoms with Crippen molar-refractivity contribution in [2.45, 2.75) is 45.6 Å². The summed E-state index contributed by atoms with van der Waals surface area (Å²) in [4.78, 5) is 0. The quantitative estimate of drug-likeness (QED) is 0.607. The molecule has 0 aromatic heterocycles. The van der Waals surface area contributed by atoms with Crippen molar-refractivity contribution in [3.63, 3.8) is 0 Å². The molecule has 0 amide bonds. The van der Waals surface area contributed by atoms with Crippen LogP contribution in [0.5, 0.6) is 0 Å². The van der Waals surface area contributed by atoms with E-state index in [9.17, 15) is 0 Å². The van der Waals surface area contributed by atoms with Crippen LogP contribution in [0, 0.1) is 11.3 Å². The first kappa shape index (κ1) is 13.4. The molecule has 0 aromatic carbocycles. The molecular formula is C11H22N2O. The van der Waals surface area contributed by atoms with Crippen LogP contribution in [0.1, 0.15) is 40.0 Å². The van der Waals surface area contributed by atoms with Crippen LogP contribution in [0.15, 0.2) is 0 Å². The Bertz CT molecular complexity index is 177. The van der Waals surface area contributed by atoms with Gasteiger partial charge in [-0.3, -0.25) is 5.32 Å². The first-order valence-corrected chi connectivity index (χ1v) is 5.42. The summed E-state index contributed by atoms with van der Waals surface area (Å²) in [5, 5.41) is 12.0. The molecular weight excluding hydrogens is 176 g/mol. The van der Waals surface area contributed by atoms with Crippen LogP contribution >= 0.6 is 0 Å². The van der Waals surface area contributed by atoms with E-state index in [1.54, 1.807) is 0 Å². The topological polar surface area (TPSA) is 45.0 Å². The number of nitriles is 1. The van der Waals surface area contributed by atoms with Crippen molar-refractivity contribution < 1.29 is 4.74 Å². The number of nitrogens with zero attached hydrogens (tertiary/aromatic N) is 1. The van der Waals surface area contributed by atoms with Gasteiger partial charge >= 0.3 is 0 Å². The van der Waals surface area contributed by atoms with Crippen LogP contribution in [-0.2, 0) is 4.74 Å². The average molecular weight is 198 g/mol. The fraction of sp³-hybridized carbons (Fsp3) is 0.909. The van der Waals surface area contributed by atoms with Crippen molar-refractivity contribution in [2.75, 3.05) is 19.8 Å². The summed E-state index contributed by atoms with van der Waals surface area (Å²) in [6.07, 6.45) is 3.49. The van der Waals surface area contributed by atoms with Crippen molar-refractivity contribution in [3.05, 3.63) is 0 Å².